The van der Waals surface area contributed by atoms with Crippen LogP contribution in [0.1, 0.15) is 49.7 Å². The molecule has 1 aliphatic rings. The number of piperidine rings is 1. The minimum Gasteiger partial charge on any atom is -0.455 e. The molecule has 0 bridgehead atoms. The predicted molar refractivity (Wildman–Crippen MR) is 116 cm³/mol. The lowest BCUT2D eigenvalue weighted by atomic mass is 9.98. The van der Waals surface area contributed by atoms with Gasteiger partial charge in [-0.1, -0.05) is 17.7 Å². The monoisotopic (exact) mass is 447 g/mol. The van der Waals surface area contributed by atoms with E-state index in [2.05, 4.69) is 15.1 Å². The number of hydrogen-bond donors (Lipinski definition) is 0. The first-order valence-corrected chi connectivity index (χ1v) is 11.7. The van der Waals surface area contributed by atoms with Crippen LogP contribution < -0.4 is 4.90 Å². The topological polar surface area (TPSA) is 98.7 Å². The molecule has 2 aromatic rings. The Morgan fingerprint density at radius 3 is 2.26 bits per heavy atom. The van der Waals surface area contributed by atoms with Gasteiger partial charge >= 0.3 is 5.97 Å². The van der Waals surface area contributed by atoms with Gasteiger partial charge in [0.25, 0.3) is 10.1 Å². The molecule has 0 aliphatic carbocycles. The van der Waals surface area contributed by atoms with Gasteiger partial charge in [0.2, 0.25) is 0 Å². The number of aromatic nitrogens is 2. The fourth-order valence-corrected chi connectivity index (χ4v) is 4.20. The van der Waals surface area contributed by atoms with Crippen LogP contribution in [-0.2, 0) is 19.0 Å². The number of ether oxygens (including phenoxy) is 1. The minimum atomic E-state index is -3.75. The molecule has 1 aromatic heterocycles. The van der Waals surface area contributed by atoms with Crippen LogP contribution in [0.25, 0.3) is 0 Å². The van der Waals surface area contributed by atoms with E-state index < -0.39 is 21.7 Å². The molecule has 0 amide bonds. The lowest BCUT2D eigenvalue weighted by Crippen LogP contribution is -2.36. The SMILES string of the molecule is Cc1ccc(S(=O)(=O)OCC2CCN(c3ccc(C(=O)OC(C)(C)C)nn3)CC2)cc1. The maximum Gasteiger partial charge on any atom is 0.359 e. The predicted octanol–water partition coefficient (Wildman–Crippen LogP) is 3.36. The van der Waals surface area contributed by atoms with Crippen LogP contribution in [0, 0.1) is 12.8 Å². The Kier molecular flexibility index (Phi) is 6.96. The Balaban J connectivity index is 1.50. The van der Waals surface area contributed by atoms with Crippen molar-refractivity contribution < 1.29 is 22.1 Å². The highest BCUT2D eigenvalue weighted by molar-refractivity contribution is 7.86. The van der Waals surface area contributed by atoms with Crippen molar-refractivity contribution in [2.75, 3.05) is 24.6 Å². The van der Waals surface area contributed by atoms with Crippen LogP contribution in [0.15, 0.2) is 41.3 Å². The third-order valence-electron chi connectivity index (χ3n) is 4.97. The Labute approximate surface area is 183 Å². The summed E-state index contributed by atoms with van der Waals surface area (Å²) < 4.78 is 35.3. The lowest BCUT2D eigenvalue weighted by molar-refractivity contribution is 0.00616. The molecule has 9 heteroatoms. The highest BCUT2D eigenvalue weighted by atomic mass is 32.2. The molecule has 1 fully saturated rings. The average Bonchev–Trinajstić information content (AvgIpc) is 2.72. The normalized spacial score (nSPS) is 15.7. The van der Waals surface area contributed by atoms with E-state index in [4.69, 9.17) is 8.92 Å². The van der Waals surface area contributed by atoms with Crippen LogP contribution in [0.3, 0.4) is 0 Å². The van der Waals surface area contributed by atoms with Crippen molar-refractivity contribution >= 4 is 21.9 Å². The zero-order chi connectivity index (χ0) is 22.6. The van der Waals surface area contributed by atoms with Crippen molar-refractivity contribution in [1.82, 2.24) is 10.2 Å². The van der Waals surface area contributed by atoms with Gasteiger partial charge in [-0.05, 0) is 70.7 Å². The number of esters is 1. The lowest BCUT2D eigenvalue weighted by Gasteiger charge is -2.32. The Hall–Kier alpha value is -2.52. The molecule has 1 aromatic carbocycles. The van der Waals surface area contributed by atoms with Gasteiger partial charge in [0, 0.05) is 13.1 Å². The summed E-state index contributed by atoms with van der Waals surface area (Å²) in [7, 11) is -3.75. The second-order valence-electron chi connectivity index (χ2n) is 8.76. The second kappa shape index (κ2) is 9.32. The van der Waals surface area contributed by atoms with Crippen molar-refractivity contribution in [2.24, 2.45) is 5.92 Å². The third kappa shape index (κ3) is 6.48. The minimum absolute atomic E-state index is 0.144. The molecule has 3 rings (SSSR count). The molecule has 1 aliphatic heterocycles. The van der Waals surface area contributed by atoms with E-state index in [0.29, 0.717) is 18.9 Å². The summed E-state index contributed by atoms with van der Waals surface area (Å²) in [4.78, 5) is 14.3. The highest BCUT2D eigenvalue weighted by Gasteiger charge is 2.25. The van der Waals surface area contributed by atoms with Crippen molar-refractivity contribution in [2.45, 2.75) is 51.0 Å². The molecule has 2 heterocycles. The van der Waals surface area contributed by atoms with E-state index in [9.17, 15) is 13.2 Å². The summed E-state index contributed by atoms with van der Waals surface area (Å²) in [6.07, 6.45) is 1.55. The molecule has 0 saturated carbocycles. The van der Waals surface area contributed by atoms with Crippen molar-refractivity contribution in [3.05, 3.63) is 47.7 Å². The van der Waals surface area contributed by atoms with Crippen molar-refractivity contribution in [3.63, 3.8) is 0 Å². The van der Waals surface area contributed by atoms with E-state index in [-0.39, 0.29) is 23.1 Å². The smallest absolute Gasteiger partial charge is 0.359 e. The van der Waals surface area contributed by atoms with Crippen LogP contribution >= 0.6 is 0 Å². The van der Waals surface area contributed by atoms with Gasteiger partial charge in [0.15, 0.2) is 11.5 Å². The number of anilines is 1. The summed E-state index contributed by atoms with van der Waals surface area (Å²) in [5.41, 5.74) is 0.575. The molecule has 168 valence electrons. The standard InChI is InChI=1S/C22H29N3O5S/c1-16-5-7-18(8-6-16)31(27,28)29-15-17-11-13-25(14-12-17)20-10-9-19(23-24-20)21(26)30-22(2,3)4/h5-10,17H,11-15H2,1-4H3. The summed E-state index contributed by atoms with van der Waals surface area (Å²) in [6.45, 7) is 8.87. The zero-order valence-electron chi connectivity index (χ0n) is 18.4. The van der Waals surface area contributed by atoms with Crippen LogP contribution in [0.4, 0.5) is 5.82 Å². The first-order chi connectivity index (χ1) is 14.5. The van der Waals surface area contributed by atoms with Crippen LogP contribution in [-0.4, -0.2) is 49.9 Å². The Morgan fingerprint density at radius 1 is 1.06 bits per heavy atom. The number of carbonyl (C=O) groups excluding carboxylic acids is 1. The highest BCUT2D eigenvalue weighted by Crippen LogP contribution is 2.24. The molecule has 8 nitrogen and oxygen atoms in total. The average molecular weight is 448 g/mol. The largest absolute Gasteiger partial charge is 0.455 e. The van der Waals surface area contributed by atoms with E-state index in [1.54, 1.807) is 57.2 Å². The molecular weight excluding hydrogens is 418 g/mol. The first-order valence-electron chi connectivity index (χ1n) is 10.3. The fourth-order valence-electron chi connectivity index (χ4n) is 3.22. The number of rotatable bonds is 6. The molecule has 0 unspecified atom stereocenters. The summed E-state index contributed by atoms with van der Waals surface area (Å²) >= 11 is 0. The quantitative estimate of drug-likeness (QED) is 0.491. The number of aryl methyl sites for hydroxylation is 1. The zero-order valence-corrected chi connectivity index (χ0v) is 19.2. The van der Waals surface area contributed by atoms with Gasteiger partial charge in [-0.3, -0.25) is 4.18 Å². The summed E-state index contributed by atoms with van der Waals surface area (Å²) in [6, 6.07) is 10.00. The van der Waals surface area contributed by atoms with Crippen LogP contribution in [0.5, 0.6) is 0 Å². The maximum atomic E-state index is 12.4. The van der Waals surface area contributed by atoms with Crippen molar-refractivity contribution in [3.8, 4) is 0 Å². The van der Waals surface area contributed by atoms with Gasteiger partial charge < -0.3 is 9.64 Å². The van der Waals surface area contributed by atoms with Gasteiger partial charge in [-0.15, -0.1) is 10.2 Å². The van der Waals surface area contributed by atoms with Gasteiger partial charge in [0.05, 0.1) is 11.5 Å². The van der Waals surface area contributed by atoms with E-state index in [1.807, 2.05) is 6.92 Å². The van der Waals surface area contributed by atoms with E-state index in [0.717, 1.165) is 18.4 Å². The molecular formula is C22H29N3O5S. The van der Waals surface area contributed by atoms with E-state index >= 15 is 0 Å². The maximum absolute atomic E-state index is 12.4. The van der Waals surface area contributed by atoms with Gasteiger partial charge in [0.1, 0.15) is 5.60 Å². The number of carbonyl (C=O) groups is 1. The molecule has 31 heavy (non-hydrogen) atoms. The molecule has 0 radical (unpaired) electrons. The molecule has 1 saturated heterocycles. The molecule has 0 atom stereocenters. The van der Waals surface area contributed by atoms with Crippen molar-refractivity contribution in [1.29, 1.82) is 0 Å². The number of benzene rings is 1. The number of hydrogen-bond acceptors (Lipinski definition) is 8. The van der Waals surface area contributed by atoms with E-state index in [1.165, 1.54) is 0 Å². The Bertz CT molecular complexity index is 991. The first kappa shape index (κ1) is 23.1. The molecule has 0 spiro atoms. The fraction of sp³-hybridized carbons (Fsp3) is 0.500. The second-order valence-corrected chi connectivity index (χ2v) is 10.4. The van der Waals surface area contributed by atoms with Gasteiger partial charge in [-0.25, -0.2) is 4.79 Å². The summed E-state index contributed by atoms with van der Waals surface area (Å²) in [5, 5.41) is 8.15. The number of nitrogens with zero attached hydrogens (tertiary/aromatic N) is 3. The Morgan fingerprint density at radius 2 is 1.71 bits per heavy atom. The summed E-state index contributed by atoms with van der Waals surface area (Å²) in [5.74, 6) is 0.321. The van der Waals surface area contributed by atoms with Crippen LogP contribution in [0.2, 0.25) is 0 Å². The third-order valence-corrected chi connectivity index (χ3v) is 6.26. The van der Waals surface area contributed by atoms with Gasteiger partial charge in [-0.2, -0.15) is 8.42 Å². The molecule has 0 N–H and O–H groups in total.